The molecule has 0 aliphatic heterocycles. The third kappa shape index (κ3) is 4.42. The highest BCUT2D eigenvalue weighted by Crippen LogP contribution is 2.15. The van der Waals surface area contributed by atoms with E-state index in [0.29, 0.717) is 13.2 Å². The Labute approximate surface area is 93.4 Å². The van der Waals surface area contributed by atoms with E-state index in [1.807, 2.05) is 23.8 Å². The van der Waals surface area contributed by atoms with Crippen molar-refractivity contribution in [2.45, 2.75) is 13.0 Å². The third-order valence-corrected chi connectivity index (χ3v) is 2.62. The van der Waals surface area contributed by atoms with Crippen molar-refractivity contribution >= 4 is 17.2 Å². The summed E-state index contributed by atoms with van der Waals surface area (Å²) in [5.41, 5.74) is 6.36. The second kappa shape index (κ2) is 6.55. The number of hydrogen-bond acceptors (Lipinski definition) is 4. The molecule has 15 heavy (non-hydrogen) atoms. The van der Waals surface area contributed by atoms with E-state index in [1.54, 1.807) is 11.3 Å². The van der Waals surface area contributed by atoms with Crippen LogP contribution in [0.4, 0.5) is 0 Å². The van der Waals surface area contributed by atoms with E-state index >= 15 is 0 Å². The largest absolute Gasteiger partial charge is 0.370 e. The molecular weight excluding hydrogens is 212 g/mol. The Bertz CT molecular complexity index is 288. The lowest BCUT2D eigenvalue weighted by molar-refractivity contribution is -0.126. The van der Waals surface area contributed by atoms with Gasteiger partial charge in [0.1, 0.15) is 6.61 Å². The van der Waals surface area contributed by atoms with E-state index in [4.69, 9.17) is 10.5 Å². The minimum absolute atomic E-state index is 0.0326. The van der Waals surface area contributed by atoms with Gasteiger partial charge in [-0.3, -0.25) is 4.79 Å². The van der Waals surface area contributed by atoms with Gasteiger partial charge in [0.25, 0.3) is 0 Å². The molecule has 0 saturated heterocycles. The molecule has 0 saturated carbocycles. The van der Waals surface area contributed by atoms with Gasteiger partial charge in [-0.2, -0.15) is 11.3 Å². The molecule has 3 N–H and O–H groups in total. The standard InChI is InChI=1S/C10H16N2O2S/c1-8(9-2-5-15-7-9)12-10(13)6-14-4-3-11/h2,5,7-8H,3-4,6,11H2,1H3,(H,12,13). The van der Waals surface area contributed by atoms with Crippen molar-refractivity contribution in [3.05, 3.63) is 22.4 Å². The van der Waals surface area contributed by atoms with Crippen LogP contribution in [0.1, 0.15) is 18.5 Å². The summed E-state index contributed by atoms with van der Waals surface area (Å²) >= 11 is 1.62. The Morgan fingerprint density at radius 3 is 3.13 bits per heavy atom. The van der Waals surface area contributed by atoms with Crippen LogP contribution in [0.3, 0.4) is 0 Å². The lowest BCUT2D eigenvalue weighted by Gasteiger charge is -2.12. The van der Waals surface area contributed by atoms with Crippen molar-refractivity contribution in [3.63, 3.8) is 0 Å². The Balaban J connectivity index is 2.26. The summed E-state index contributed by atoms with van der Waals surface area (Å²) in [5, 5.41) is 6.85. The number of rotatable bonds is 6. The van der Waals surface area contributed by atoms with Gasteiger partial charge in [-0.1, -0.05) is 0 Å². The minimum Gasteiger partial charge on any atom is -0.370 e. The fraction of sp³-hybridized carbons (Fsp3) is 0.500. The zero-order chi connectivity index (χ0) is 11.1. The van der Waals surface area contributed by atoms with Crippen LogP contribution in [-0.4, -0.2) is 25.7 Å². The van der Waals surface area contributed by atoms with Crippen LogP contribution in [0, 0.1) is 0 Å². The first kappa shape index (κ1) is 12.2. The summed E-state index contributed by atoms with van der Waals surface area (Å²) in [6, 6.07) is 2.03. The Morgan fingerprint density at radius 1 is 1.73 bits per heavy atom. The van der Waals surface area contributed by atoms with Crippen molar-refractivity contribution < 1.29 is 9.53 Å². The van der Waals surface area contributed by atoms with E-state index < -0.39 is 0 Å². The molecule has 1 aromatic rings. The van der Waals surface area contributed by atoms with Gasteiger partial charge in [-0.15, -0.1) is 0 Å². The number of ether oxygens (including phenoxy) is 1. The molecule has 0 spiro atoms. The molecule has 0 aromatic carbocycles. The maximum atomic E-state index is 11.3. The fourth-order valence-corrected chi connectivity index (χ4v) is 1.89. The van der Waals surface area contributed by atoms with E-state index in [9.17, 15) is 4.79 Å². The van der Waals surface area contributed by atoms with Gasteiger partial charge in [0.2, 0.25) is 5.91 Å². The van der Waals surface area contributed by atoms with E-state index in [-0.39, 0.29) is 18.6 Å². The van der Waals surface area contributed by atoms with Crippen LogP contribution in [0.15, 0.2) is 16.8 Å². The van der Waals surface area contributed by atoms with Gasteiger partial charge in [0.15, 0.2) is 0 Å². The van der Waals surface area contributed by atoms with Crippen LogP contribution < -0.4 is 11.1 Å². The first-order chi connectivity index (χ1) is 7.24. The lowest BCUT2D eigenvalue weighted by Crippen LogP contribution is -2.30. The second-order valence-corrected chi connectivity index (χ2v) is 3.97. The smallest absolute Gasteiger partial charge is 0.246 e. The summed E-state index contributed by atoms with van der Waals surface area (Å²) in [7, 11) is 0. The summed E-state index contributed by atoms with van der Waals surface area (Å²) in [6.45, 7) is 2.88. The van der Waals surface area contributed by atoms with Crippen molar-refractivity contribution in [1.82, 2.24) is 5.32 Å². The van der Waals surface area contributed by atoms with Gasteiger partial charge >= 0.3 is 0 Å². The Morgan fingerprint density at radius 2 is 2.53 bits per heavy atom. The summed E-state index contributed by atoms with van der Waals surface area (Å²) < 4.78 is 5.03. The number of nitrogens with two attached hydrogens (primary N) is 1. The van der Waals surface area contributed by atoms with Crippen molar-refractivity contribution in [2.75, 3.05) is 19.8 Å². The zero-order valence-corrected chi connectivity index (χ0v) is 9.55. The highest BCUT2D eigenvalue weighted by atomic mass is 32.1. The van der Waals surface area contributed by atoms with Gasteiger partial charge in [-0.05, 0) is 29.3 Å². The maximum Gasteiger partial charge on any atom is 0.246 e. The normalized spacial score (nSPS) is 12.4. The maximum absolute atomic E-state index is 11.3. The van der Waals surface area contributed by atoms with Crippen LogP contribution in [0.25, 0.3) is 0 Å². The summed E-state index contributed by atoms with van der Waals surface area (Å²) in [6.07, 6.45) is 0. The molecule has 5 heteroatoms. The molecule has 1 atom stereocenters. The molecule has 1 aromatic heterocycles. The minimum atomic E-state index is -0.109. The van der Waals surface area contributed by atoms with Crippen LogP contribution >= 0.6 is 11.3 Å². The Kier molecular flexibility index (Phi) is 5.31. The van der Waals surface area contributed by atoms with Crippen LogP contribution in [0.5, 0.6) is 0 Å². The third-order valence-electron chi connectivity index (χ3n) is 1.92. The van der Waals surface area contributed by atoms with Crippen LogP contribution in [0.2, 0.25) is 0 Å². The molecular formula is C10H16N2O2S. The number of hydrogen-bond donors (Lipinski definition) is 2. The molecule has 0 radical (unpaired) electrons. The summed E-state index contributed by atoms with van der Waals surface area (Å²) in [4.78, 5) is 11.3. The molecule has 0 aliphatic carbocycles. The molecule has 1 rings (SSSR count). The monoisotopic (exact) mass is 228 g/mol. The van der Waals surface area contributed by atoms with Crippen molar-refractivity contribution in [3.8, 4) is 0 Å². The first-order valence-electron chi connectivity index (χ1n) is 4.83. The fourth-order valence-electron chi connectivity index (χ4n) is 1.14. The summed E-state index contributed by atoms with van der Waals surface area (Å²) in [5.74, 6) is -0.109. The molecule has 1 heterocycles. The number of carbonyl (C=O) groups excluding carboxylic acids is 1. The molecule has 4 nitrogen and oxygen atoms in total. The van der Waals surface area contributed by atoms with Crippen LogP contribution in [-0.2, 0) is 9.53 Å². The molecule has 1 unspecified atom stereocenters. The molecule has 84 valence electrons. The van der Waals surface area contributed by atoms with Crippen molar-refractivity contribution in [2.24, 2.45) is 5.73 Å². The van der Waals surface area contributed by atoms with Gasteiger partial charge in [-0.25, -0.2) is 0 Å². The van der Waals surface area contributed by atoms with Gasteiger partial charge in [0.05, 0.1) is 12.6 Å². The predicted molar refractivity (Wildman–Crippen MR) is 60.8 cm³/mol. The average molecular weight is 228 g/mol. The van der Waals surface area contributed by atoms with Gasteiger partial charge in [0, 0.05) is 6.54 Å². The quantitative estimate of drug-likeness (QED) is 0.711. The molecule has 0 aliphatic rings. The number of thiophene rings is 1. The highest BCUT2D eigenvalue weighted by Gasteiger charge is 2.09. The van der Waals surface area contributed by atoms with E-state index in [0.717, 1.165) is 5.56 Å². The zero-order valence-electron chi connectivity index (χ0n) is 8.73. The topological polar surface area (TPSA) is 64.3 Å². The van der Waals surface area contributed by atoms with E-state index in [1.165, 1.54) is 0 Å². The number of nitrogens with one attached hydrogen (secondary N) is 1. The lowest BCUT2D eigenvalue weighted by atomic mass is 10.2. The highest BCUT2D eigenvalue weighted by molar-refractivity contribution is 7.07. The van der Waals surface area contributed by atoms with Crippen molar-refractivity contribution in [1.29, 1.82) is 0 Å². The molecule has 0 fully saturated rings. The number of amides is 1. The first-order valence-corrected chi connectivity index (χ1v) is 5.77. The Hall–Kier alpha value is -0.910. The molecule has 1 amide bonds. The second-order valence-electron chi connectivity index (χ2n) is 3.19. The SMILES string of the molecule is CC(NC(=O)COCCN)c1ccsc1. The number of carbonyl (C=O) groups is 1. The molecule has 0 bridgehead atoms. The average Bonchev–Trinajstić information content (AvgIpc) is 2.70. The van der Waals surface area contributed by atoms with Gasteiger partial charge < -0.3 is 15.8 Å². The predicted octanol–water partition coefficient (Wildman–Crippen LogP) is 0.901. The van der Waals surface area contributed by atoms with E-state index in [2.05, 4.69) is 5.32 Å².